The fourth-order valence-electron chi connectivity index (χ4n) is 2.18. The van der Waals surface area contributed by atoms with Gasteiger partial charge in [0.1, 0.15) is 17.3 Å². The molecule has 0 spiro atoms. The smallest absolute Gasteiger partial charge is 0.310 e. The second-order valence-corrected chi connectivity index (χ2v) is 4.98. The van der Waals surface area contributed by atoms with Crippen molar-refractivity contribution >= 4 is 17.8 Å². The maximum Gasteiger partial charge on any atom is 0.310 e. The van der Waals surface area contributed by atoms with Gasteiger partial charge in [-0.05, 0) is 35.9 Å². The summed E-state index contributed by atoms with van der Waals surface area (Å²) >= 11 is 0. The van der Waals surface area contributed by atoms with Gasteiger partial charge in [0, 0.05) is 12.5 Å². The first-order chi connectivity index (χ1) is 11.1. The predicted octanol–water partition coefficient (Wildman–Crippen LogP) is 3.76. The zero-order chi connectivity index (χ0) is 16.4. The molecule has 0 saturated heterocycles. The molecule has 0 unspecified atom stereocenters. The van der Waals surface area contributed by atoms with Crippen LogP contribution in [0.15, 0.2) is 48.2 Å². The first kappa shape index (κ1) is 15.0. The van der Waals surface area contributed by atoms with E-state index in [2.05, 4.69) is 0 Å². The number of carbonyl (C=O) groups is 2. The molecule has 116 valence electrons. The van der Waals surface area contributed by atoms with Crippen LogP contribution in [0.25, 0.3) is 6.08 Å². The average molecular weight is 312 g/mol. The maximum atomic E-state index is 13.2. The van der Waals surface area contributed by atoms with Crippen LogP contribution in [0.3, 0.4) is 0 Å². The molecular formula is C18H13FO4. The fraction of sp³-hybridized carbons (Fsp3) is 0.111. The van der Waals surface area contributed by atoms with E-state index in [0.29, 0.717) is 22.6 Å². The van der Waals surface area contributed by atoms with Crippen molar-refractivity contribution in [3.8, 4) is 11.5 Å². The molecule has 0 fully saturated rings. The second-order valence-electron chi connectivity index (χ2n) is 4.98. The summed E-state index contributed by atoms with van der Waals surface area (Å²) in [5.74, 6) is -0.322. The zero-order valence-electron chi connectivity index (χ0n) is 12.3. The Hall–Kier alpha value is -2.95. The lowest BCUT2D eigenvalue weighted by Gasteiger charge is -2.04. The highest BCUT2D eigenvalue weighted by atomic mass is 19.1. The number of benzene rings is 2. The van der Waals surface area contributed by atoms with Gasteiger partial charge >= 0.3 is 5.97 Å². The first-order valence-electron chi connectivity index (χ1n) is 7.11. The second kappa shape index (κ2) is 6.04. The summed E-state index contributed by atoms with van der Waals surface area (Å²) in [6.07, 6.45) is 1.73. The van der Waals surface area contributed by atoms with Gasteiger partial charge in [0.05, 0.1) is 5.56 Å². The molecule has 1 heterocycles. The summed E-state index contributed by atoms with van der Waals surface area (Å²) in [5, 5.41) is 0. The molecule has 0 aliphatic carbocycles. The van der Waals surface area contributed by atoms with E-state index < -0.39 is 5.82 Å². The first-order valence-corrected chi connectivity index (χ1v) is 7.11. The van der Waals surface area contributed by atoms with E-state index in [9.17, 15) is 14.0 Å². The number of fused-ring (bicyclic) bond motifs is 1. The Morgan fingerprint density at radius 2 is 2.09 bits per heavy atom. The highest BCUT2D eigenvalue weighted by Crippen LogP contribution is 2.35. The van der Waals surface area contributed by atoms with Gasteiger partial charge in [-0.2, -0.15) is 0 Å². The van der Waals surface area contributed by atoms with Crippen LogP contribution in [0.2, 0.25) is 0 Å². The maximum absolute atomic E-state index is 13.2. The summed E-state index contributed by atoms with van der Waals surface area (Å²) < 4.78 is 23.8. The van der Waals surface area contributed by atoms with Gasteiger partial charge in [0.25, 0.3) is 0 Å². The minimum Gasteiger partial charge on any atom is -0.452 e. The minimum atomic E-state index is -0.393. The van der Waals surface area contributed by atoms with Gasteiger partial charge in [0.15, 0.2) is 5.76 Å². The Labute approximate surface area is 132 Å². The molecule has 23 heavy (non-hydrogen) atoms. The number of rotatable bonds is 3. The van der Waals surface area contributed by atoms with E-state index in [1.165, 1.54) is 24.3 Å². The Balaban J connectivity index is 1.88. The normalized spacial score (nSPS) is 14.5. The number of hydrogen-bond donors (Lipinski definition) is 0. The molecule has 4 nitrogen and oxygen atoms in total. The van der Waals surface area contributed by atoms with Gasteiger partial charge in [-0.15, -0.1) is 0 Å². The minimum absolute atomic E-state index is 0.101. The highest BCUT2D eigenvalue weighted by Gasteiger charge is 2.28. The lowest BCUT2D eigenvalue weighted by atomic mass is 10.1. The number of ether oxygens (including phenoxy) is 2. The number of Topliss-reactive ketones (excluding diaryl/α,β-unsaturated/α-hetero) is 1. The third-order valence-corrected chi connectivity index (χ3v) is 3.31. The molecule has 0 aromatic heterocycles. The molecule has 2 aromatic rings. The van der Waals surface area contributed by atoms with E-state index in [-0.39, 0.29) is 23.9 Å². The van der Waals surface area contributed by atoms with E-state index in [0.717, 1.165) is 0 Å². The summed E-state index contributed by atoms with van der Waals surface area (Å²) in [5.41, 5.74) is 0.905. The van der Waals surface area contributed by atoms with Crippen LogP contribution in [-0.4, -0.2) is 11.8 Å². The van der Waals surface area contributed by atoms with Gasteiger partial charge in [-0.25, -0.2) is 4.39 Å². The monoisotopic (exact) mass is 312 g/mol. The van der Waals surface area contributed by atoms with E-state index in [1.54, 1.807) is 31.2 Å². The predicted molar refractivity (Wildman–Crippen MR) is 81.7 cm³/mol. The van der Waals surface area contributed by atoms with Crippen molar-refractivity contribution in [3.05, 3.63) is 65.2 Å². The van der Waals surface area contributed by atoms with Gasteiger partial charge in [-0.3, -0.25) is 9.59 Å². The summed E-state index contributed by atoms with van der Waals surface area (Å²) in [6.45, 7) is 1.69. The fourth-order valence-corrected chi connectivity index (χ4v) is 2.18. The Morgan fingerprint density at radius 1 is 1.26 bits per heavy atom. The summed E-state index contributed by atoms with van der Waals surface area (Å²) in [6, 6.07) is 10.4. The number of esters is 1. The van der Waals surface area contributed by atoms with Crippen LogP contribution in [0.5, 0.6) is 11.5 Å². The lowest BCUT2D eigenvalue weighted by Crippen LogP contribution is -2.05. The van der Waals surface area contributed by atoms with Crippen molar-refractivity contribution in [3.63, 3.8) is 0 Å². The molecule has 0 radical (unpaired) electrons. The molecule has 1 aliphatic heterocycles. The van der Waals surface area contributed by atoms with E-state index in [1.807, 2.05) is 0 Å². The van der Waals surface area contributed by atoms with Crippen molar-refractivity contribution in [2.45, 2.75) is 13.3 Å². The molecule has 2 aromatic carbocycles. The number of carbonyl (C=O) groups excluding carboxylic acids is 2. The van der Waals surface area contributed by atoms with Gasteiger partial charge in [0.2, 0.25) is 5.78 Å². The molecular weight excluding hydrogens is 299 g/mol. The van der Waals surface area contributed by atoms with Crippen molar-refractivity contribution in [2.24, 2.45) is 0 Å². The lowest BCUT2D eigenvalue weighted by molar-refractivity contribution is -0.134. The third-order valence-electron chi connectivity index (χ3n) is 3.31. The molecule has 0 saturated carbocycles. The highest BCUT2D eigenvalue weighted by molar-refractivity contribution is 6.14. The topological polar surface area (TPSA) is 52.6 Å². The van der Waals surface area contributed by atoms with E-state index >= 15 is 0 Å². The summed E-state index contributed by atoms with van der Waals surface area (Å²) in [4.78, 5) is 23.6. The Bertz CT molecular complexity index is 824. The molecule has 1 aliphatic rings. The van der Waals surface area contributed by atoms with Crippen LogP contribution >= 0.6 is 0 Å². The van der Waals surface area contributed by atoms with Gasteiger partial charge in [-0.1, -0.05) is 19.1 Å². The number of hydrogen-bond acceptors (Lipinski definition) is 4. The molecule has 0 atom stereocenters. The largest absolute Gasteiger partial charge is 0.452 e. The molecule has 0 amide bonds. The number of halogens is 1. The van der Waals surface area contributed by atoms with Crippen LogP contribution in [0, 0.1) is 5.82 Å². The van der Waals surface area contributed by atoms with Gasteiger partial charge < -0.3 is 9.47 Å². The van der Waals surface area contributed by atoms with Crippen molar-refractivity contribution in [1.82, 2.24) is 0 Å². The van der Waals surface area contributed by atoms with Crippen molar-refractivity contribution in [1.29, 1.82) is 0 Å². The molecule has 0 bridgehead atoms. The van der Waals surface area contributed by atoms with E-state index in [4.69, 9.17) is 9.47 Å². The molecule has 0 N–H and O–H groups in total. The quantitative estimate of drug-likeness (QED) is 0.492. The number of ketones is 1. The zero-order valence-corrected chi connectivity index (χ0v) is 12.3. The average Bonchev–Trinajstić information content (AvgIpc) is 2.83. The van der Waals surface area contributed by atoms with Crippen LogP contribution in [-0.2, 0) is 4.79 Å². The Morgan fingerprint density at radius 3 is 2.83 bits per heavy atom. The Kier molecular flexibility index (Phi) is 3.93. The standard InChI is InChI=1S/C18H13FO4/c1-2-17(20)22-13-6-7-14-15(10-13)23-16(18(14)21)9-11-4-3-5-12(19)8-11/h3-10H,2H2,1H3/b16-9+. The molecule has 5 heteroatoms. The molecule has 3 rings (SSSR count). The van der Waals surface area contributed by atoms with Crippen LogP contribution in [0.1, 0.15) is 29.3 Å². The summed E-state index contributed by atoms with van der Waals surface area (Å²) in [7, 11) is 0. The van der Waals surface area contributed by atoms with Crippen molar-refractivity contribution in [2.75, 3.05) is 0 Å². The van der Waals surface area contributed by atoms with Crippen LogP contribution in [0.4, 0.5) is 4.39 Å². The number of allylic oxidation sites excluding steroid dienone is 1. The SMILES string of the molecule is CCC(=O)Oc1ccc2c(c1)O/C(=C/c1cccc(F)c1)C2=O. The van der Waals surface area contributed by atoms with Crippen LogP contribution < -0.4 is 9.47 Å². The van der Waals surface area contributed by atoms with Crippen molar-refractivity contribution < 1.29 is 23.5 Å². The third kappa shape index (κ3) is 3.13.